The Hall–Kier alpha value is -2.36. The molecule has 0 fully saturated rings. The molecule has 1 heterocycles. The van der Waals surface area contributed by atoms with Gasteiger partial charge in [-0.05, 0) is 81.6 Å². The van der Waals surface area contributed by atoms with Gasteiger partial charge in [0.2, 0.25) is 0 Å². The molecule has 10 heteroatoms. The molecule has 0 saturated heterocycles. The molecular weight excluding hydrogens is 691 g/mol. The van der Waals surface area contributed by atoms with Gasteiger partial charge in [-0.25, -0.2) is 0 Å². The van der Waals surface area contributed by atoms with E-state index < -0.39 is 0 Å². The number of carbonyl (C=O) groups excluding carboxylic acids is 2. The maximum absolute atomic E-state index is 12.4. The van der Waals surface area contributed by atoms with Crippen LogP contribution in [0.15, 0.2) is 4.52 Å². The first-order chi connectivity index (χ1) is 26.9. The van der Waals surface area contributed by atoms with Crippen LogP contribution >= 0.6 is 0 Å². The van der Waals surface area contributed by atoms with Gasteiger partial charge in [-0.2, -0.15) is 4.98 Å². The van der Waals surface area contributed by atoms with Crippen molar-refractivity contribution in [3.8, 4) is 0 Å². The normalized spacial score (nSPS) is 11.6. The number of rotatable bonds is 41. The quantitative estimate of drug-likeness (QED) is 0.0489. The highest BCUT2D eigenvalue weighted by molar-refractivity contribution is 5.69. The number of hydrogen-bond acceptors (Lipinski definition) is 10. The third kappa shape index (κ3) is 31.4. The third-order valence-electron chi connectivity index (χ3n) is 11.0. The highest BCUT2D eigenvalue weighted by Gasteiger charge is 2.12. The summed E-state index contributed by atoms with van der Waals surface area (Å²) in [6, 6.07) is 0.0751. The van der Waals surface area contributed by atoms with Crippen molar-refractivity contribution in [2.75, 3.05) is 50.4 Å². The van der Waals surface area contributed by atoms with Crippen LogP contribution in [0.2, 0.25) is 0 Å². The summed E-state index contributed by atoms with van der Waals surface area (Å²) in [5.41, 5.74) is 5.54. The van der Waals surface area contributed by atoms with Crippen molar-refractivity contribution >= 4 is 23.9 Å². The van der Waals surface area contributed by atoms with Crippen molar-refractivity contribution in [2.24, 2.45) is 11.8 Å². The molecule has 1 rings (SSSR count). The van der Waals surface area contributed by atoms with E-state index in [-0.39, 0.29) is 18.0 Å². The zero-order valence-corrected chi connectivity index (χ0v) is 36.4. The van der Waals surface area contributed by atoms with Gasteiger partial charge in [-0.3, -0.25) is 9.59 Å². The molecule has 0 bridgehead atoms. The van der Waals surface area contributed by atoms with Crippen molar-refractivity contribution in [3.05, 3.63) is 0 Å². The molecule has 0 unspecified atom stereocenters. The van der Waals surface area contributed by atoms with E-state index in [9.17, 15) is 9.59 Å². The number of carbonyl (C=O) groups is 2. The number of nitrogens with two attached hydrogens (primary N) is 1. The molecule has 0 saturated carbocycles. The van der Waals surface area contributed by atoms with E-state index in [4.69, 9.17) is 19.7 Å². The lowest BCUT2D eigenvalue weighted by Gasteiger charge is -2.22. The lowest BCUT2D eigenvalue weighted by molar-refractivity contribution is -0.145. The Bertz CT molecular complexity index is 990. The fraction of sp³-hybridized carbons (Fsp3) is 0.911. The Morgan fingerprint density at radius 2 is 1.02 bits per heavy atom. The number of nitrogen functional groups attached to an aromatic ring is 1. The second kappa shape index (κ2) is 37.2. The summed E-state index contributed by atoms with van der Waals surface area (Å²) in [6.45, 7) is 14.1. The Morgan fingerprint density at radius 3 is 1.47 bits per heavy atom. The van der Waals surface area contributed by atoms with Crippen LogP contribution in [-0.2, 0) is 19.1 Å². The van der Waals surface area contributed by atoms with Crippen molar-refractivity contribution in [1.82, 2.24) is 15.0 Å². The average molecular weight is 778 g/mol. The van der Waals surface area contributed by atoms with Crippen molar-refractivity contribution in [1.29, 1.82) is 0 Å². The first kappa shape index (κ1) is 50.7. The van der Waals surface area contributed by atoms with Gasteiger partial charge in [0.25, 0.3) is 5.95 Å². The minimum atomic E-state index is -0.0253. The standard InChI is InChI=1S/C45H87N5O5/c1-5-9-19-28-41(29-20-10-6-2)33-39-54-43(52)31-22-16-14-18-24-36-50(37-25-34-47-45-48-44(46)55-49-45)35-23-17-13-15-21-30-42(51)53-38-32-40(26-11-7-3)27-12-8-4/h40-41H,5-39H2,1-4H3,(H3,46,47,48,49). The summed E-state index contributed by atoms with van der Waals surface area (Å²) in [5, 5.41) is 7.01. The van der Waals surface area contributed by atoms with Crippen LogP contribution < -0.4 is 11.1 Å². The van der Waals surface area contributed by atoms with Gasteiger partial charge in [-0.1, -0.05) is 156 Å². The van der Waals surface area contributed by atoms with Gasteiger partial charge < -0.3 is 29.9 Å². The van der Waals surface area contributed by atoms with Crippen molar-refractivity contribution in [3.63, 3.8) is 0 Å². The van der Waals surface area contributed by atoms with E-state index in [0.717, 1.165) is 96.8 Å². The molecule has 55 heavy (non-hydrogen) atoms. The lowest BCUT2D eigenvalue weighted by Crippen LogP contribution is -2.28. The molecule has 0 spiro atoms. The summed E-state index contributed by atoms with van der Waals surface area (Å²) in [7, 11) is 0. The molecule has 10 nitrogen and oxygen atoms in total. The van der Waals surface area contributed by atoms with E-state index in [1.165, 1.54) is 103 Å². The fourth-order valence-corrected chi connectivity index (χ4v) is 7.46. The number of nitrogens with one attached hydrogen (secondary N) is 1. The van der Waals surface area contributed by atoms with Gasteiger partial charge in [0.15, 0.2) is 0 Å². The van der Waals surface area contributed by atoms with Gasteiger partial charge in [0, 0.05) is 19.4 Å². The van der Waals surface area contributed by atoms with E-state index in [2.05, 4.69) is 48.1 Å². The molecule has 0 amide bonds. The van der Waals surface area contributed by atoms with E-state index in [0.29, 0.717) is 43.8 Å². The molecule has 322 valence electrons. The van der Waals surface area contributed by atoms with Gasteiger partial charge in [0.05, 0.1) is 13.2 Å². The Kier molecular flexibility index (Phi) is 34.3. The number of nitrogens with zero attached hydrogens (tertiary/aromatic N) is 3. The topological polar surface area (TPSA) is 133 Å². The molecule has 3 N–H and O–H groups in total. The molecular formula is C45H87N5O5. The van der Waals surface area contributed by atoms with Crippen LogP contribution in [0.25, 0.3) is 0 Å². The number of ether oxygens (including phenoxy) is 2. The molecule has 1 aromatic rings. The summed E-state index contributed by atoms with van der Waals surface area (Å²) in [5.74, 6) is 1.79. The average Bonchev–Trinajstić information content (AvgIpc) is 3.60. The van der Waals surface area contributed by atoms with Crippen LogP contribution in [0.1, 0.15) is 214 Å². The fourth-order valence-electron chi connectivity index (χ4n) is 7.46. The molecule has 0 radical (unpaired) electrons. The van der Waals surface area contributed by atoms with E-state index in [1.54, 1.807) is 0 Å². The third-order valence-corrected chi connectivity index (χ3v) is 11.0. The van der Waals surface area contributed by atoms with Gasteiger partial charge >= 0.3 is 18.0 Å². The first-order valence-corrected chi connectivity index (χ1v) is 23.3. The van der Waals surface area contributed by atoms with Crippen LogP contribution in [0.4, 0.5) is 12.0 Å². The SMILES string of the molecule is CCCCCC(CCCCC)CCOC(=O)CCCCCCCN(CCCCCCCC(=O)OCCC(CCCC)CCCC)CCCNc1noc(N)n1. The smallest absolute Gasteiger partial charge is 0.320 e. The molecule has 0 aromatic carbocycles. The zero-order valence-electron chi connectivity index (χ0n) is 36.4. The van der Waals surface area contributed by atoms with Crippen LogP contribution in [0.3, 0.4) is 0 Å². The van der Waals surface area contributed by atoms with Crippen molar-refractivity contribution < 1.29 is 23.6 Å². The number of esters is 2. The van der Waals surface area contributed by atoms with Gasteiger partial charge in [0.1, 0.15) is 0 Å². The summed E-state index contributed by atoms with van der Waals surface area (Å²) in [4.78, 5) is 31.3. The van der Waals surface area contributed by atoms with Crippen LogP contribution in [-0.4, -0.2) is 66.4 Å². The lowest BCUT2D eigenvalue weighted by atomic mass is 9.92. The highest BCUT2D eigenvalue weighted by atomic mass is 16.5. The highest BCUT2D eigenvalue weighted by Crippen LogP contribution is 2.22. The summed E-state index contributed by atoms with van der Waals surface area (Å²) >= 11 is 0. The number of anilines is 2. The number of aromatic nitrogens is 2. The number of unbranched alkanes of at least 4 members (excludes halogenated alkanes) is 14. The second-order valence-electron chi connectivity index (χ2n) is 16.1. The maximum atomic E-state index is 12.4. The maximum Gasteiger partial charge on any atom is 0.320 e. The summed E-state index contributed by atoms with van der Waals surface area (Å²) < 4.78 is 16.1. The zero-order chi connectivity index (χ0) is 40.0. The monoisotopic (exact) mass is 778 g/mol. The Balaban J connectivity index is 2.26. The van der Waals surface area contributed by atoms with Gasteiger partial charge in [-0.15, -0.1) is 0 Å². The first-order valence-electron chi connectivity index (χ1n) is 23.3. The predicted octanol–water partition coefficient (Wildman–Crippen LogP) is 12.1. The molecule has 0 aliphatic rings. The molecule has 0 aliphatic heterocycles. The predicted molar refractivity (Wildman–Crippen MR) is 229 cm³/mol. The Labute approximate surface area is 338 Å². The largest absolute Gasteiger partial charge is 0.466 e. The summed E-state index contributed by atoms with van der Waals surface area (Å²) in [6.07, 6.45) is 32.9. The number of hydrogen-bond donors (Lipinski definition) is 2. The minimum absolute atomic E-state index is 0.0203. The second-order valence-corrected chi connectivity index (χ2v) is 16.1. The van der Waals surface area contributed by atoms with E-state index >= 15 is 0 Å². The minimum Gasteiger partial charge on any atom is -0.466 e. The molecule has 0 atom stereocenters. The molecule has 1 aromatic heterocycles. The van der Waals surface area contributed by atoms with E-state index in [1.807, 2.05) is 0 Å². The van der Waals surface area contributed by atoms with Crippen molar-refractivity contribution in [2.45, 2.75) is 214 Å². The van der Waals surface area contributed by atoms with Crippen LogP contribution in [0.5, 0.6) is 0 Å². The Morgan fingerprint density at radius 1 is 0.582 bits per heavy atom. The molecule has 0 aliphatic carbocycles. The van der Waals surface area contributed by atoms with Crippen LogP contribution in [0, 0.1) is 11.8 Å².